The van der Waals surface area contributed by atoms with E-state index in [0.29, 0.717) is 19.1 Å². The van der Waals surface area contributed by atoms with E-state index in [2.05, 4.69) is 34.3 Å². The van der Waals surface area contributed by atoms with Gasteiger partial charge in [-0.15, -0.1) is 0 Å². The van der Waals surface area contributed by atoms with Gasteiger partial charge >= 0.3 is 0 Å². The van der Waals surface area contributed by atoms with Gasteiger partial charge in [0, 0.05) is 29.6 Å². The summed E-state index contributed by atoms with van der Waals surface area (Å²) in [5.41, 5.74) is 14.8. The molecule has 2 aromatic heterocycles. The molecule has 0 saturated carbocycles. The highest BCUT2D eigenvalue weighted by Gasteiger charge is 2.14. The predicted molar refractivity (Wildman–Crippen MR) is 143 cm³/mol. The van der Waals surface area contributed by atoms with Crippen molar-refractivity contribution < 1.29 is 4.74 Å². The van der Waals surface area contributed by atoms with E-state index in [9.17, 15) is 0 Å². The Labute approximate surface area is 210 Å². The smallest absolute Gasteiger partial charge is 0.227 e. The minimum Gasteiger partial charge on any atom is -0.489 e. The second-order valence-corrected chi connectivity index (χ2v) is 8.58. The summed E-state index contributed by atoms with van der Waals surface area (Å²) in [6.45, 7) is 5.17. The maximum Gasteiger partial charge on any atom is 0.227 e. The number of rotatable bonds is 8. The minimum atomic E-state index is 0.506. The van der Waals surface area contributed by atoms with Crippen LogP contribution in [0, 0.1) is 13.8 Å². The number of anilines is 2. The van der Waals surface area contributed by atoms with Crippen molar-refractivity contribution in [2.75, 3.05) is 5.32 Å². The lowest BCUT2D eigenvalue weighted by Gasteiger charge is -2.14. The molecule has 0 radical (unpaired) electrons. The average molecular weight is 477 g/mol. The fourth-order valence-electron chi connectivity index (χ4n) is 4.11. The van der Waals surface area contributed by atoms with Crippen LogP contribution in [0.4, 0.5) is 11.6 Å². The number of ether oxygens (including phenoxy) is 1. The topological polar surface area (TPSA) is 102 Å². The number of nitrogens with two attached hydrogens (primary N) is 1. The maximum atomic E-state index is 6.02. The number of nitrogens with zero attached hydrogens (tertiary/aromatic N) is 3. The van der Waals surface area contributed by atoms with Crippen LogP contribution in [-0.4, -0.2) is 20.2 Å². The third-order valence-corrected chi connectivity index (χ3v) is 6.31. The molecule has 180 valence electrons. The van der Waals surface area contributed by atoms with Gasteiger partial charge in [0.05, 0.1) is 17.6 Å². The summed E-state index contributed by atoms with van der Waals surface area (Å²) in [6.07, 6.45) is 3.53. The molecule has 0 saturated heterocycles. The second kappa shape index (κ2) is 10.4. The zero-order chi connectivity index (χ0) is 24.9. The number of aromatic amines is 1. The molecule has 0 unspecified atom stereocenters. The Bertz CT molecular complexity index is 1480. The van der Waals surface area contributed by atoms with Crippen LogP contribution in [0.1, 0.15) is 22.3 Å². The molecular weight excluding hydrogens is 448 g/mol. The average Bonchev–Trinajstić information content (AvgIpc) is 3.42. The Balaban J connectivity index is 1.39. The lowest BCUT2D eigenvalue weighted by atomic mass is 10.0. The summed E-state index contributed by atoms with van der Waals surface area (Å²) < 4.78 is 6.02. The third kappa shape index (κ3) is 4.96. The highest BCUT2D eigenvalue weighted by Crippen LogP contribution is 2.32. The monoisotopic (exact) mass is 476 g/mol. The number of hydrogen-bond acceptors (Lipinski definition) is 6. The van der Waals surface area contributed by atoms with Crippen molar-refractivity contribution in [2.24, 2.45) is 5.73 Å². The molecule has 0 spiro atoms. The molecule has 7 heteroatoms. The third-order valence-electron chi connectivity index (χ3n) is 6.31. The van der Waals surface area contributed by atoms with Crippen molar-refractivity contribution in [3.63, 3.8) is 0 Å². The maximum absolute atomic E-state index is 6.02. The lowest BCUT2D eigenvalue weighted by molar-refractivity contribution is 0.306. The summed E-state index contributed by atoms with van der Waals surface area (Å²) in [5, 5.41) is 10.8. The largest absolute Gasteiger partial charge is 0.489 e. The van der Waals surface area contributed by atoms with Crippen LogP contribution in [0.15, 0.2) is 85.2 Å². The molecule has 0 aliphatic carbocycles. The summed E-state index contributed by atoms with van der Waals surface area (Å²) in [6, 6.07) is 24.0. The van der Waals surface area contributed by atoms with Gasteiger partial charge < -0.3 is 15.8 Å². The van der Waals surface area contributed by atoms with Gasteiger partial charge in [-0.1, -0.05) is 48.5 Å². The summed E-state index contributed by atoms with van der Waals surface area (Å²) in [5.74, 6) is 1.30. The Morgan fingerprint density at radius 2 is 1.81 bits per heavy atom. The summed E-state index contributed by atoms with van der Waals surface area (Å²) in [7, 11) is 0. The van der Waals surface area contributed by atoms with Crippen molar-refractivity contribution in [1.29, 1.82) is 0 Å². The van der Waals surface area contributed by atoms with Crippen LogP contribution in [0.25, 0.3) is 22.5 Å². The number of nitrogens with one attached hydrogen (secondary N) is 2. The minimum absolute atomic E-state index is 0.506. The molecule has 4 N–H and O–H groups in total. The van der Waals surface area contributed by atoms with Gasteiger partial charge in [0.25, 0.3) is 0 Å². The molecule has 0 aliphatic heterocycles. The molecular formula is C29H28N6O. The molecule has 0 atom stereocenters. The summed E-state index contributed by atoms with van der Waals surface area (Å²) >= 11 is 0. The Morgan fingerprint density at radius 1 is 0.944 bits per heavy atom. The van der Waals surface area contributed by atoms with Gasteiger partial charge in [0.1, 0.15) is 12.4 Å². The predicted octanol–water partition coefficient (Wildman–Crippen LogP) is 5.93. The zero-order valence-corrected chi connectivity index (χ0v) is 20.3. The molecule has 36 heavy (non-hydrogen) atoms. The van der Waals surface area contributed by atoms with Crippen LogP contribution in [0.2, 0.25) is 0 Å². The van der Waals surface area contributed by atoms with E-state index in [1.807, 2.05) is 72.8 Å². The first-order valence-electron chi connectivity index (χ1n) is 11.8. The molecule has 0 amide bonds. The summed E-state index contributed by atoms with van der Waals surface area (Å²) in [4.78, 5) is 9.20. The SMILES string of the molecule is Cc1c(CN)ccc(Nc2nccc(-c3cn[nH]c3-c3cccc(OCc4ccccc4)c3)n2)c1C. The van der Waals surface area contributed by atoms with Gasteiger partial charge in [-0.25, -0.2) is 9.97 Å². The van der Waals surface area contributed by atoms with E-state index < -0.39 is 0 Å². The van der Waals surface area contributed by atoms with Crippen LogP contribution >= 0.6 is 0 Å². The van der Waals surface area contributed by atoms with Crippen LogP contribution in [0.3, 0.4) is 0 Å². The number of aromatic nitrogens is 4. The first-order chi connectivity index (χ1) is 17.6. The Kier molecular flexibility index (Phi) is 6.73. The van der Waals surface area contributed by atoms with Gasteiger partial charge in [-0.2, -0.15) is 5.10 Å². The molecule has 0 bridgehead atoms. The zero-order valence-electron chi connectivity index (χ0n) is 20.3. The van der Waals surface area contributed by atoms with Crippen molar-refractivity contribution in [1.82, 2.24) is 20.2 Å². The van der Waals surface area contributed by atoms with E-state index in [4.69, 9.17) is 15.5 Å². The van der Waals surface area contributed by atoms with Gasteiger partial charge in [-0.3, -0.25) is 5.10 Å². The first kappa shape index (κ1) is 23.3. The van der Waals surface area contributed by atoms with Crippen LogP contribution < -0.4 is 15.8 Å². The van der Waals surface area contributed by atoms with E-state index in [0.717, 1.165) is 50.6 Å². The van der Waals surface area contributed by atoms with E-state index in [1.54, 1.807) is 12.4 Å². The Morgan fingerprint density at radius 3 is 2.64 bits per heavy atom. The van der Waals surface area contributed by atoms with Crippen molar-refractivity contribution in [3.8, 4) is 28.3 Å². The molecule has 0 aliphatic rings. The van der Waals surface area contributed by atoms with Crippen molar-refractivity contribution in [3.05, 3.63) is 107 Å². The molecule has 3 aromatic carbocycles. The fourth-order valence-corrected chi connectivity index (χ4v) is 4.11. The lowest BCUT2D eigenvalue weighted by Crippen LogP contribution is -2.04. The molecule has 2 heterocycles. The molecule has 0 fully saturated rings. The number of benzene rings is 3. The number of hydrogen-bond donors (Lipinski definition) is 3. The highest BCUT2D eigenvalue weighted by molar-refractivity contribution is 5.79. The fraction of sp³-hybridized carbons (Fsp3) is 0.138. The number of H-pyrrole nitrogens is 1. The Hall–Kier alpha value is -4.49. The van der Waals surface area contributed by atoms with Crippen molar-refractivity contribution >= 4 is 11.6 Å². The van der Waals surface area contributed by atoms with Crippen molar-refractivity contribution in [2.45, 2.75) is 27.0 Å². The quantitative estimate of drug-likeness (QED) is 0.256. The molecule has 7 nitrogen and oxygen atoms in total. The standard InChI is InChI=1S/C29H28N6O/c1-19-20(2)26(12-11-23(19)16-30)33-29-31-14-13-27(34-29)25-17-32-35-28(25)22-9-6-10-24(15-22)36-18-21-7-4-3-5-8-21/h3-15,17H,16,18,30H2,1-2H3,(H,32,35)(H,31,33,34). The first-order valence-corrected chi connectivity index (χ1v) is 11.8. The van der Waals surface area contributed by atoms with Crippen LogP contribution in [0.5, 0.6) is 5.75 Å². The molecule has 5 rings (SSSR count). The van der Waals surface area contributed by atoms with E-state index in [-0.39, 0.29) is 0 Å². The van der Waals surface area contributed by atoms with Gasteiger partial charge in [-0.05, 0) is 60.4 Å². The van der Waals surface area contributed by atoms with Crippen LogP contribution in [-0.2, 0) is 13.2 Å². The highest BCUT2D eigenvalue weighted by atomic mass is 16.5. The van der Waals surface area contributed by atoms with Gasteiger partial charge in [0.2, 0.25) is 5.95 Å². The molecule has 5 aromatic rings. The van der Waals surface area contributed by atoms with E-state index >= 15 is 0 Å². The normalized spacial score (nSPS) is 10.9. The second-order valence-electron chi connectivity index (χ2n) is 8.58. The van der Waals surface area contributed by atoms with Gasteiger partial charge in [0.15, 0.2) is 0 Å². The van der Waals surface area contributed by atoms with E-state index in [1.165, 1.54) is 5.56 Å².